The Bertz CT molecular complexity index is 1320. The molecule has 0 spiro atoms. The number of halogens is 4. The topological polar surface area (TPSA) is 95.7 Å². The average molecular weight is 485 g/mol. The zero-order valence-electron chi connectivity index (χ0n) is 17.0. The molecule has 12 heteroatoms. The second-order valence-electron chi connectivity index (χ2n) is 6.89. The summed E-state index contributed by atoms with van der Waals surface area (Å²) in [6.45, 7) is 2.75. The van der Waals surface area contributed by atoms with Crippen LogP contribution in [0.1, 0.15) is 16.7 Å². The van der Waals surface area contributed by atoms with Crippen molar-refractivity contribution in [1.82, 2.24) is 0 Å². The van der Waals surface area contributed by atoms with Crippen molar-refractivity contribution in [2.45, 2.75) is 24.9 Å². The lowest BCUT2D eigenvalue weighted by Gasteiger charge is -2.14. The summed E-state index contributed by atoms with van der Waals surface area (Å²) in [5.41, 5.74) is -2.09. The maximum atomic E-state index is 13.9. The molecule has 3 rings (SSSR count). The van der Waals surface area contributed by atoms with Crippen molar-refractivity contribution in [3.63, 3.8) is 0 Å². The summed E-state index contributed by atoms with van der Waals surface area (Å²) in [6, 6.07) is 8.98. The molecular formula is C21H15F4NO6S. The van der Waals surface area contributed by atoms with E-state index in [9.17, 15) is 36.1 Å². The summed E-state index contributed by atoms with van der Waals surface area (Å²) >= 11 is 0. The van der Waals surface area contributed by atoms with Crippen molar-refractivity contribution in [1.29, 1.82) is 0 Å². The monoisotopic (exact) mass is 485 g/mol. The van der Waals surface area contributed by atoms with Crippen LogP contribution in [0, 0.1) is 29.8 Å². The van der Waals surface area contributed by atoms with Crippen LogP contribution < -0.4 is 8.92 Å². The molecular weight excluding hydrogens is 470 g/mol. The first kappa shape index (κ1) is 24.0. The number of ether oxygens (including phenoxy) is 1. The van der Waals surface area contributed by atoms with E-state index >= 15 is 0 Å². The molecule has 7 nitrogen and oxygen atoms in total. The van der Waals surface area contributed by atoms with Gasteiger partial charge in [-0.25, -0.2) is 4.39 Å². The van der Waals surface area contributed by atoms with E-state index in [2.05, 4.69) is 0 Å². The van der Waals surface area contributed by atoms with E-state index in [1.54, 1.807) is 0 Å². The Labute approximate surface area is 185 Å². The molecule has 0 aromatic heterocycles. The number of benzene rings is 3. The average Bonchev–Trinajstić information content (AvgIpc) is 2.72. The van der Waals surface area contributed by atoms with Crippen LogP contribution in [-0.2, 0) is 16.3 Å². The molecule has 0 bridgehead atoms. The zero-order valence-corrected chi connectivity index (χ0v) is 17.8. The largest absolute Gasteiger partial charge is 0.446 e. The van der Waals surface area contributed by atoms with Crippen molar-refractivity contribution >= 4 is 15.8 Å². The SMILES string of the molecule is Cc1cc(S(=O)(=O)Oc2ccccc2Oc2ccc(C(F)(F)F)cc2[N+](=O)[O-])cc(C)c1F. The van der Waals surface area contributed by atoms with E-state index in [1.807, 2.05) is 0 Å². The number of rotatable bonds is 6. The summed E-state index contributed by atoms with van der Waals surface area (Å²) < 4.78 is 88.5. The van der Waals surface area contributed by atoms with Gasteiger partial charge in [0.25, 0.3) is 0 Å². The minimum absolute atomic E-state index is 0.0714. The maximum Gasteiger partial charge on any atom is 0.416 e. The summed E-state index contributed by atoms with van der Waals surface area (Å²) in [5, 5.41) is 11.3. The Kier molecular flexibility index (Phi) is 6.32. The van der Waals surface area contributed by atoms with E-state index in [1.165, 1.54) is 38.1 Å². The maximum absolute atomic E-state index is 13.9. The number of hydrogen-bond donors (Lipinski definition) is 0. The Balaban J connectivity index is 1.99. The van der Waals surface area contributed by atoms with Crippen LogP contribution in [0.5, 0.6) is 17.2 Å². The second kappa shape index (κ2) is 8.70. The lowest BCUT2D eigenvalue weighted by molar-refractivity contribution is -0.385. The van der Waals surface area contributed by atoms with Gasteiger partial charge in [0, 0.05) is 6.07 Å². The number of hydrogen-bond acceptors (Lipinski definition) is 6. The van der Waals surface area contributed by atoms with Crippen LogP contribution in [0.25, 0.3) is 0 Å². The molecule has 174 valence electrons. The summed E-state index contributed by atoms with van der Waals surface area (Å²) in [7, 11) is -4.47. The predicted molar refractivity (Wildman–Crippen MR) is 108 cm³/mol. The molecule has 0 aliphatic rings. The normalized spacial score (nSPS) is 11.8. The van der Waals surface area contributed by atoms with Crippen molar-refractivity contribution in [3.05, 3.63) is 87.2 Å². The lowest BCUT2D eigenvalue weighted by Crippen LogP contribution is -2.11. The van der Waals surface area contributed by atoms with Gasteiger partial charge < -0.3 is 8.92 Å². The third-order valence-corrected chi connectivity index (χ3v) is 5.66. The molecule has 0 atom stereocenters. The highest BCUT2D eigenvalue weighted by Gasteiger charge is 2.33. The van der Waals surface area contributed by atoms with Gasteiger partial charge in [-0.2, -0.15) is 21.6 Å². The van der Waals surface area contributed by atoms with E-state index in [4.69, 9.17) is 8.92 Å². The van der Waals surface area contributed by atoms with E-state index in [0.29, 0.717) is 12.1 Å². The molecule has 33 heavy (non-hydrogen) atoms. The van der Waals surface area contributed by atoms with Crippen LogP contribution in [0.4, 0.5) is 23.2 Å². The minimum atomic E-state index is -4.82. The van der Waals surface area contributed by atoms with Gasteiger partial charge in [-0.15, -0.1) is 0 Å². The Morgan fingerprint density at radius 2 is 1.48 bits per heavy atom. The van der Waals surface area contributed by atoms with E-state index < -0.39 is 44.0 Å². The molecule has 0 saturated carbocycles. The summed E-state index contributed by atoms with van der Waals surface area (Å²) in [4.78, 5) is 9.88. The van der Waals surface area contributed by atoms with E-state index in [-0.39, 0.29) is 27.5 Å². The van der Waals surface area contributed by atoms with E-state index in [0.717, 1.165) is 18.2 Å². The smallest absolute Gasteiger partial charge is 0.416 e. The number of alkyl halides is 3. The van der Waals surface area contributed by atoms with Crippen LogP contribution in [-0.4, -0.2) is 13.3 Å². The second-order valence-corrected chi connectivity index (χ2v) is 8.44. The number of aryl methyl sites for hydroxylation is 2. The van der Waals surface area contributed by atoms with Crippen molar-refractivity contribution in [3.8, 4) is 17.2 Å². The highest BCUT2D eigenvalue weighted by Crippen LogP contribution is 2.40. The molecule has 0 aliphatic heterocycles. The molecule has 0 radical (unpaired) electrons. The van der Waals surface area contributed by atoms with Gasteiger partial charge in [-0.05, 0) is 61.4 Å². The minimum Gasteiger partial charge on any atom is -0.446 e. The highest BCUT2D eigenvalue weighted by atomic mass is 32.2. The Hall–Kier alpha value is -3.67. The summed E-state index contributed by atoms with van der Waals surface area (Å²) in [5.74, 6) is -1.83. The fraction of sp³-hybridized carbons (Fsp3) is 0.143. The van der Waals surface area contributed by atoms with Gasteiger partial charge in [0.05, 0.1) is 10.5 Å². The van der Waals surface area contributed by atoms with Crippen molar-refractivity contribution in [2.24, 2.45) is 0 Å². The zero-order chi connectivity index (χ0) is 24.6. The van der Waals surface area contributed by atoms with Gasteiger partial charge in [0.1, 0.15) is 10.7 Å². The predicted octanol–water partition coefficient (Wildman–Crippen LogP) is 5.93. The first-order valence-corrected chi connectivity index (χ1v) is 10.5. The molecule has 3 aromatic rings. The van der Waals surface area contributed by atoms with Crippen LogP contribution in [0.2, 0.25) is 0 Å². The number of para-hydroxylation sites is 2. The van der Waals surface area contributed by atoms with Crippen molar-refractivity contribution in [2.75, 3.05) is 0 Å². The number of nitro benzene ring substituents is 1. The van der Waals surface area contributed by atoms with Crippen LogP contribution >= 0.6 is 0 Å². The first-order valence-electron chi connectivity index (χ1n) is 9.13. The molecule has 0 saturated heterocycles. The quantitative estimate of drug-likeness (QED) is 0.186. The first-order chi connectivity index (χ1) is 15.3. The Morgan fingerprint density at radius 3 is 2.03 bits per heavy atom. The van der Waals surface area contributed by atoms with Crippen LogP contribution in [0.3, 0.4) is 0 Å². The number of nitrogens with zero attached hydrogens (tertiary/aromatic N) is 1. The van der Waals surface area contributed by atoms with Crippen molar-refractivity contribution < 1.29 is 39.8 Å². The fourth-order valence-electron chi connectivity index (χ4n) is 2.86. The molecule has 0 amide bonds. The lowest BCUT2D eigenvalue weighted by atomic mass is 10.1. The van der Waals surface area contributed by atoms with Crippen LogP contribution in [0.15, 0.2) is 59.5 Å². The molecule has 0 unspecified atom stereocenters. The fourth-order valence-corrected chi connectivity index (χ4v) is 3.97. The third-order valence-electron chi connectivity index (χ3n) is 4.45. The molecule has 0 N–H and O–H groups in total. The molecule has 3 aromatic carbocycles. The summed E-state index contributed by atoms with van der Waals surface area (Å²) in [6.07, 6.45) is -4.82. The molecule has 0 aliphatic carbocycles. The van der Waals surface area contributed by atoms with Gasteiger partial charge >= 0.3 is 22.0 Å². The highest BCUT2D eigenvalue weighted by molar-refractivity contribution is 7.87. The molecule has 0 heterocycles. The molecule has 0 fully saturated rings. The Morgan fingerprint density at radius 1 is 0.909 bits per heavy atom. The van der Waals surface area contributed by atoms with Gasteiger partial charge in [0.15, 0.2) is 11.5 Å². The number of nitro groups is 1. The standard InChI is InChI=1S/C21H15F4NO6S/c1-12-9-15(10-13(2)20(12)22)33(29,30)32-19-6-4-3-5-18(19)31-17-8-7-14(21(23,24)25)11-16(17)26(27)28/h3-11H,1-2H3. The third kappa shape index (κ3) is 5.22. The van der Waals surface area contributed by atoms with Gasteiger partial charge in [-0.3, -0.25) is 10.1 Å². The van der Waals surface area contributed by atoms with Gasteiger partial charge in [0.2, 0.25) is 5.75 Å². The van der Waals surface area contributed by atoms with Gasteiger partial charge in [-0.1, -0.05) is 12.1 Å².